The summed E-state index contributed by atoms with van der Waals surface area (Å²) in [6.07, 6.45) is 5.01. The zero-order chi connectivity index (χ0) is 13.1. The highest BCUT2D eigenvalue weighted by Gasteiger charge is 2.37. The van der Waals surface area contributed by atoms with E-state index in [9.17, 15) is 4.79 Å². The van der Waals surface area contributed by atoms with Crippen LogP contribution in [-0.2, 0) is 6.42 Å². The number of hydrogen-bond acceptors (Lipinski definition) is 4. The predicted molar refractivity (Wildman–Crippen MR) is 68.1 cm³/mol. The van der Waals surface area contributed by atoms with Crippen molar-refractivity contribution in [1.82, 2.24) is 14.7 Å². The van der Waals surface area contributed by atoms with E-state index in [1.54, 1.807) is 13.1 Å². The van der Waals surface area contributed by atoms with Gasteiger partial charge in [0.2, 0.25) is 0 Å². The minimum atomic E-state index is -0.00698. The van der Waals surface area contributed by atoms with Crippen molar-refractivity contribution < 1.29 is 9.32 Å². The lowest BCUT2D eigenvalue weighted by Gasteiger charge is -2.23. The first-order valence-electron chi connectivity index (χ1n) is 6.73. The molecule has 1 saturated carbocycles. The first-order chi connectivity index (χ1) is 9.16. The molecule has 98 valence electrons. The van der Waals surface area contributed by atoms with Gasteiger partial charge in [-0.25, -0.2) is 4.98 Å². The van der Waals surface area contributed by atoms with Gasteiger partial charge in [0.05, 0.1) is 11.9 Å². The van der Waals surface area contributed by atoms with E-state index < -0.39 is 0 Å². The third-order valence-corrected chi connectivity index (χ3v) is 4.06. The lowest BCUT2D eigenvalue weighted by Crippen LogP contribution is -2.19. The molecular weight excluding hydrogens is 242 g/mol. The van der Waals surface area contributed by atoms with E-state index in [2.05, 4.69) is 17.1 Å². The van der Waals surface area contributed by atoms with E-state index in [0.717, 1.165) is 23.6 Å². The molecule has 5 nitrogen and oxygen atoms in total. The quantitative estimate of drug-likeness (QED) is 0.776. The van der Waals surface area contributed by atoms with Crippen LogP contribution in [-0.4, -0.2) is 20.5 Å². The van der Waals surface area contributed by atoms with E-state index in [-0.39, 0.29) is 11.8 Å². The van der Waals surface area contributed by atoms with Crippen LogP contribution < -0.4 is 0 Å². The van der Waals surface area contributed by atoms with Crippen molar-refractivity contribution in [3.63, 3.8) is 0 Å². The maximum atomic E-state index is 11.6. The summed E-state index contributed by atoms with van der Waals surface area (Å²) in [6, 6.07) is 0.223. The Bertz CT molecular complexity index is 679. The normalized spacial score (nSPS) is 21.1. The van der Waals surface area contributed by atoms with Crippen LogP contribution in [0.4, 0.5) is 0 Å². The smallest absolute Gasteiger partial charge is 0.195 e. The van der Waals surface area contributed by atoms with E-state index >= 15 is 0 Å². The summed E-state index contributed by atoms with van der Waals surface area (Å²) < 4.78 is 7.53. The number of fused-ring (bicyclic) bond motifs is 3. The van der Waals surface area contributed by atoms with Gasteiger partial charge in [0, 0.05) is 24.4 Å². The molecule has 4 rings (SSSR count). The van der Waals surface area contributed by atoms with Crippen molar-refractivity contribution in [3.8, 4) is 11.4 Å². The first-order valence-corrected chi connectivity index (χ1v) is 6.73. The van der Waals surface area contributed by atoms with Gasteiger partial charge in [-0.3, -0.25) is 4.79 Å². The Labute approximate surface area is 110 Å². The van der Waals surface area contributed by atoms with Gasteiger partial charge < -0.3 is 9.09 Å². The molecule has 2 aromatic heterocycles. The standard InChI is InChI=1S/C14H15N3O2/c1-7-5-10-12(16-19-13(10)9-3-4-9)11-6-15-14(8(2)18)17(7)11/h6-7,9H,3-5H2,1-2H3. The molecule has 2 aliphatic rings. The fourth-order valence-electron chi connectivity index (χ4n) is 3.02. The van der Waals surface area contributed by atoms with Crippen LogP contribution in [0, 0.1) is 0 Å². The van der Waals surface area contributed by atoms with E-state index in [1.807, 2.05) is 4.57 Å². The molecule has 5 heteroatoms. The molecule has 0 bridgehead atoms. The molecule has 0 N–H and O–H groups in total. The van der Waals surface area contributed by atoms with Crippen LogP contribution in [0.25, 0.3) is 11.4 Å². The number of Topliss-reactive ketones (excluding diaryl/α,β-unsaturated/α-hetero) is 1. The minimum absolute atomic E-state index is 0.00698. The third-order valence-electron chi connectivity index (χ3n) is 4.06. The largest absolute Gasteiger partial charge is 0.360 e. The van der Waals surface area contributed by atoms with E-state index in [0.29, 0.717) is 11.7 Å². The highest BCUT2D eigenvalue weighted by molar-refractivity contribution is 5.91. The molecule has 0 aromatic carbocycles. The average Bonchev–Trinajstić information content (AvgIpc) is 2.96. The average molecular weight is 257 g/mol. The van der Waals surface area contributed by atoms with Crippen molar-refractivity contribution in [2.24, 2.45) is 0 Å². The molecule has 1 atom stereocenters. The van der Waals surface area contributed by atoms with E-state index in [4.69, 9.17) is 4.52 Å². The summed E-state index contributed by atoms with van der Waals surface area (Å²) in [4.78, 5) is 15.9. The predicted octanol–water partition coefficient (Wildman–Crippen LogP) is 2.74. The molecule has 1 aliphatic carbocycles. The summed E-state index contributed by atoms with van der Waals surface area (Å²) in [5.41, 5.74) is 3.01. The molecule has 19 heavy (non-hydrogen) atoms. The maximum Gasteiger partial charge on any atom is 0.195 e. The molecule has 1 aliphatic heterocycles. The van der Waals surface area contributed by atoms with Crippen molar-refractivity contribution in [2.75, 3.05) is 0 Å². The number of carbonyl (C=O) groups is 1. The Morgan fingerprint density at radius 2 is 2.26 bits per heavy atom. The van der Waals surface area contributed by atoms with Crippen LogP contribution in [0.15, 0.2) is 10.7 Å². The highest BCUT2D eigenvalue weighted by Crippen LogP contribution is 2.46. The molecule has 0 saturated heterocycles. The highest BCUT2D eigenvalue weighted by atomic mass is 16.5. The number of imidazole rings is 1. The number of nitrogens with zero attached hydrogens (tertiary/aromatic N) is 3. The fourth-order valence-corrected chi connectivity index (χ4v) is 3.02. The lowest BCUT2D eigenvalue weighted by molar-refractivity contribution is 0.0997. The van der Waals surface area contributed by atoms with Crippen LogP contribution in [0.3, 0.4) is 0 Å². The molecular formula is C14H15N3O2. The minimum Gasteiger partial charge on any atom is -0.360 e. The van der Waals surface area contributed by atoms with Gasteiger partial charge in [0.25, 0.3) is 0 Å². The number of rotatable bonds is 2. The Hall–Kier alpha value is -1.91. The zero-order valence-corrected chi connectivity index (χ0v) is 11.0. The number of hydrogen-bond donors (Lipinski definition) is 0. The van der Waals surface area contributed by atoms with Crippen molar-refractivity contribution in [2.45, 2.75) is 45.1 Å². The topological polar surface area (TPSA) is 60.9 Å². The van der Waals surface area contributed by atoms with Gasteiger partial charge in [-0.05, 0) is 26.2 Å². The van der Waals surface area contributed by atoms with Crippen LogP contribution in [0.5, 0.6) is 0 Å². The van der Waals surface area contributed by atoms with Gasteiger partial charge in [-0.2, -0.15) is 0 Å². The maximum absolute atomic E-state index is 11.6. The Balaban J connectivity index is 1.91. The van der Waals surface area contributed by atoms with Crippen LogP contribution in [0.2, 0.25) is 0 Å². The summed E-state index contributed by atoms with van der Waals surface area (Å²) >= 11 is 0. The fraction of sp³-hybridized carbons (Fsp3) is 0.500. The molecule has 0 spiro atoms. The molecule has 1 unspecified atom stereocenters. The molecule has 1 fully saturated rings. The second-order valence-corrected chi connectivity index (χ2v) is 5.59. The zero-order valence-electron chi connectivity index (χ0n) is 11.0. The van der Waals surface area contributed by atoms with Gasteiger partial charge in [-0.15, -0.1) is 0 Å². The second kappa shape index (κ2) is 3.56. The number of aromatic nitrogens is 3. The van der Waals surface area contributed by atoms with Crippen LogP contribution in [0.1, 0.15) is 60.6 Å². The SMILES string of the molecule is CC(=O)c1ncc2n1C(C)Cc1c-2noc1C1CC1. The summed E-state index contributed by atoms with van der Waals surface area (Å²) in [6.45, 7) is 3.67. The first kappa shape index (κ1) is 11.0. The summed E-state index contributed by atoms with van der Waals surface area (Å²) in [7, 11) is 0. The summed E-state index contributed by atoms with van der Waals surface area (Å²) in [5, 5.41) is 4.22. The van der Waals surface area contributed by atoms with Crippen molar-refractivity contribution >= 4 is 5.78 Å². The third kappa shape index (κ3) is 1.44. The van der Waals surface area contributed by atoms with Crippen molar-refractivity contribution in [1.29, 1.82) is 0 Å². The van der Waals surface area contributed by atoms with Gasteiger partial charge in [-0.1, -0.05) is 5.16 Å². The molecule has 0 amide bonds. The molecule has 3 heterocycles. The molecule has 0 radical (unpaired) electrons. The molecule has 2 aromatic rings. The van der Waals surface area contributed by atoms with Crippen LogP contribution >= 0.6 is 0 Å². The number of ketones is 1. The Morgan fingerprint density at radius 1 is 1.47 bits per heavy atom. The lowest BCUT2D eigenvalue weighted by atomic mass is 9.97. The van der Waals surface area contributed by atoms with Gasteiger partial charge in [0.1, 0.15) is 11.5 Å². The van der Waals surface area contributed by atoms with Crippen molar-refractivity contribution in [3.05, 3.63) is 23.3 Å². The Kier molecular flexibility index (Phi) is 2.05. The van der Waals surface area contributed by atoms with E-state index in [1.165, 1.54) is 18.4 Å². The Morgan fingerprint density at radius 3 is 2.95 bits per heavy atom. The summed E-state index contributed by atoms with van der Waals surface area (Å²) in [5.74, 6) is 2.13. The monoisotopic (exact) mass is 257 g/mol. The second-order valence-electron chi connectivity index (χ2n) is 5.59. The number of carbonyl (C=O) groups excluding carboxylic acids is 1. The van der Waals surface area contributed by atoms with Gasteiger partial charge >= 0.3 is 0 Å². The van der Waals surface area contributed by atoms with Gasteiger partial charge in [0.15, 0.2) is 11.6 Å².